The molecule has 2 N–H and O–H groups in total. The maximum absolute atomic E-state index is 12.1. The van der Waals surface area contributed by atoms with E-state index in [0.29, 0.717) is 22.0 Å². The van der Waals surface area contributed by atoms with Gasteiger partial charge in [0.1, 0.15) is 9.88 Å². The second-order valence-corrected chi connectivity index (χ2v) is 6.77. The molecular weight excluding hydrogens is 394 g/mol. The van der Waals surface area contributed by atoms with Crippen LogP contribution in [0.4, 0.5) is 5.00 Å². The van der Waals surface area contributed by atoms with Crippen molar-refractivity contribution in [1.29, 1.82) is 0 Å². The highest BCUT2D eigenvalue weighted by Crippen LogP contribution is 2.33. The number of rotatable bonds is 5. The van der Waals surface area contributed by atoms with E-state index < -0.39 is 11.9 Å². The van der Waals surface area contributed by atoms with Gasteiger partial charge in [-0.3, -0.25) is 0 Å². The Balaban J connectivity index is 2.00. The average Bonchev–Trinajstić information content (AvgIpc) is 3.25. The summed E-state index contributed by atoms with van der Waals surface area (Å²) < 4.78 is 9.53. The molecule has 0 aliphatic carbocycles. The molecule has 0 aliphatic rings. The van der Waals surface area contributed by atoms with Crippen LogP contribution in [0.2, 0.25) is 5.02 Å². The third-order valence-corrected chi connectivity index (χ3v) is 4.91. The molecule has 140 valence electrons. The van der Waals surface area contributed by atoms with E-state index in [1.54, 1.807) is 24.3 Å². The van der Waals surface area contributed by atoms with Crippen LogP contribution in [0.3, 0.4) is 0 Å². The molecule has 0 fully saturated rings. The lowest BCUT2D eigenvalue weighted by molar-refractivity contribution is 0.0601. The first kappa shape index (κ1) is 18.8. The molecule has 0 amide bonds. The maximum atomic E-state index is 12.1. The van der Waals surface area contributed by atoms with Crippen LogP contribution in [0.1, 0.15) is 25.6 Å². The van der Waals surface area contributed by atoms with Crippen LogP contribution in [0, 0.1) is 0 Å². The number of methoxy groups -OCH3 is 2. The highest BCUT2D eigenvalue weighted by Gasteiger charge is 2.28. The van der Waals surface area contributed by atoms with Crippen LogP contribution < -0.4 is 5.73 Å². The van der Waals surface area contributed by atoms with Gasteiger partial charge >= 0.3 is 11.9 Å². The summed E-state index contributed by atoms with van der Waals surface area (Å²) in [5.74, 6) is -0.934. The second-order valence-electron chi connectivity index (χ2n) is 5.29. The number of anilines is 1. The Kier molecular flexibility index (Phi) is 5.38. The SMILES string of the molecule is COC(=O)c1sc(N)c(C(=O)OC)c1Cn1nnc(-c2cccc(Cl)c2)n1. The van der Waals surface area contributed by atoms with Crippen molar-refractivity contribution in [3.8, 4) is 11.4 Å². The number of hydrogen-bond donors (Lipinski definition) is 1. The zero-order valence-electron chi connectivity index (χ0n) is 14.3. The number of esters is 2. The third-order valence-electron chi connectivity index (χ3n) is 3.63. The van der Waals surface area contributed by atoms with Gasteiger partial charge in [-0.25, -0.2) is 9.59 Å². The Morgan fingerprint density at radius 2 is 2.00 bits per heavy atom. The number of nitrogen functional groups attached to an aromatic ring is 1. The quantitative estimate of drug-likeness (QED) is 0.639. The molecule has 0 saturated carbocycles. The van der Waals surface area contributed by atoms with Gasteiger partial charge in [0.15, 0.2) is 0 Å². The van der Waals surface area contributed by atoms with Gasteiger partial charge < -0.3 is 15.2 Å². The Morgan fingerprint density at radius 3 is 2.67 bits per heavy atom. The van der Waals surface area contributed by atoms with Crippen molar-refractivity contribution in [1.82, 2.24) is 20.2 Å². The number of hydrogen-bond acceptors (Lipinski definition) is 9. The number of halogens is 1. The predicted octanol–water partition coefficient (Wildman–Crippen LogP) is 2.26. The summed E-state index contributed by atoms with van der Waals surface area (Å²) in [4.78, 5) is 25.6. The molecule has 11 heteroatoms. The summed E-state index contributed by atoms with van der Waals surface area (Å²) in [6.45, 7) is -0.0177. The smallest absolute Gasteiger partial charge is 0.348 e. The highest BCUT2D eigenvalue weighted by molar-refractivity contribution is 7.18. The summed E-state index contributed by atoms with van der Waals surface area (Å²) >= 11 is 6.92. The van der Waals surface area contributed by atoms with Crippen molar-refractivity contribution in [2.24, 2.45) is 0 Å². The van der Waals surface area contributed by atoms with Gasteiger partial charge in [0.05, 0.1) is 26.3 Å². The zero-order valence-corrected chi connectivity index (χ0v) is 15.9. The number of nitrogens with two attached hydrogens (primary N) is 1. The molecule has 2 heterocycles. The molecule has 0 saturated heterocycles. The van der Waals surface area contributed by atoms with E-state index in [1.807, 2.05) is 0 Å². The summed E-state index contributed by atoms with van der Waals surface area (Å²) in [7, 11) is 2.47. The van der Waals surface area contributed by atoms with Crippen LogP contribution in [0.15, 0.2) is 24.3 Å². The van der Waals surface area contributed by atoms with E-state index >= 15 is 0 Å². The van der Waals surface area contributed by atoms with Crippen molar-refractivity contribution in [3.05, 3.63) is 45.3 Å². The van der Waals surface area contributed by atoms with E-state index in [-0.39, 0.29) is 22.0 Å². The van der Waals surface area contributed by atoms with Crippen LogP contribution in [-0.2, 0) is 16.0 Å². The Hall–Kier alpha value is -2.98. The number of thiophene rings is 1. The number of carbonyl (C=O) groups excluding carboxylic acids is 2. The number of nitrogens with zero attached hydrogens (tertiary/aromatic N) is 4. The van der Waals surface area contributed by atoms with E-state index in [2.05, 4.69) is 15.4 Å². The molecule has 0 aliphatic heterocycles. The molecule has 1 aromatic carbocycles. The minimum Gasteiger partial charge on any atom is -0.465 e. The molecule has 3 aromatic rings. The Bertz CT molecular complexity index is 1020. The lowest BCUT2D eigenvalue weighted by atomic mass is 10.1. The summed E-state index contributed by atoms with van der Waals surface area (Å²) in [6.07, 6.45) is 0. The van der Waals surface area contributed by atoms with Crippen LogP contribution >= 0.6 is 22.9 Å². The fraction of sp³-hybridized carbons (Fsp3) is 0.188. The molecule has 27 heavy (non-hydrogen) atoms. The number of tetrazole rings is 1. The minimum absolute atomic E-state index is 0.0177. The van der Waals surface area contributed by atoms with Crippen molar-refractivity contribution >= 4 is 39.9 Å². The summed E-state index contributed by atoms with van der Waals surface area (Å²) in [6, 6.07) is 6.98. The fourth-order valence-corrected chi connectivity index (χ4v) is 3.59. The molecule has 0 unspecified atom stereocenters. The topological polar surface area (TPSA) is 122 Å². The van der Waals surface area contributed by atoms with Crippen LogP contribution in [-0.4, -0.2) is 46.4 Å². The van der Waals surface area contributed by atoms with Crippen LogP contribution in [0.25, 0.3) is 11.4 Å². The fourth-order valence-electron chi connectivity index (χ4n) is 2.41. The number of aromatic nitrogens is 4. The molecule has 3 rings (SSSR count). The van der Waals surface area contributed by atoms with Gasteiger partial charge in [0, 0.05) is 16.1 Å². The number of benzene rings is 1. The molecule has 0 spiro atoms. The summed E-state index contributed by atoms with van der Waals surface area (Å²) in [5.41, 5.74) is 6.99. The van der Waals surface area contributed by atoms with E-state index in [0.717, 1.165) is 11.3 Å². The molecule has 0 bridgehead atoms. The van der Waals surface area contributed by atoms with Gasteiger partial charge in [0.25, 0.3) is 0 Å². The Labute approximate surface area is 162 Å². The van der Waals surface area contributed by atoms with Crippen molar-refractivity contribution in [3.63, 3.8) is 0 Å². The van der Waals surface area contributed by atoms with Gasteiger partial charge in [-0.05, 0) is 17.3 Å². The second kappa shape index (κ2) is 7.72. The normalized spacial score (nSPS) is 10.6. The van der Waals surface area contributed by atoms with Gasteiger partial charge in [-0.2, -0.15) is 4.80 Å². The minimum atomic E-state index is -0.663. The van der Waals surface area contributed by atoms with E-state index in [1.165, 1.54) is 19.0 Å². The third kappa shape index (κ3) is 3.76. The largest absolute Gasteiger partial charge is 0.465 e. The van der Waals surface area contributed by atoms with Crippen LogP contribution in [0.5, 0.6) is 0 Å². The van der Waals surface area contributed by atoms with Crippen molar-refractivity contribution in [2.45, 2.75) is 6.54 Å². The average molecular weight is 408 g/mol. The Morgan fingerprint density at radius 1 is 1.26 bits per heavy atom. The van der Waals surface area contributed by atoms with Gasteiger partial charge in [-0.1, -0.05) is 23.7 Å². The molecular formula is C16H14ClN5O4S. The summed E-state index contributed by atoms with van der Waals surface area (Å²) in [5, 5.41) is 12.9. The number of carbonyl (C=O) groups is 2. The predicted molar refractivity (Wildman–Crippen MR) is 98.8 cm³/mol. The highest BCUT2D eigenvalue weighted by atomic mass is 35.5. The first-order valence-corrected chi connectivity index (χ1v) is 8.75. The molecule has 9 nitrogen and oxygen atoms in total. The molecule has 2 aromatic heterocycles. The van der Waals surface area contributed by atoms with E-state index in [9.17, 15) is 9.59 Å². The lowest BCUT2D eigenvalue weighted by Gasteiger charge is -2.05. The monoisotopic (exact) mass is 407 g/mol. The number of ether oxygens (including phenoxy) is 2. The van der Waals surface area contributed by atoms with Gasteiger partial charge in [-0.15, -0.1) is 21.5 Å². The zero-order chi connectivity index (χ0) is 19.6. The first-order chi connectivity index (χ1) is 12.9. The first-order valence-electron chi connectivity index (χ1n) is 7.56. The lowest BCUT2D eigenvalue weighted by Crippen LogP contribution is -2.13. The van der Waals surface area contributed by atoms with Crippen molar-refractivity contribution < 1.29 is 19.1 Å². The molecule has 0 atom stereocenters. The van der Waals surface area contributed by atoms with Gasteiger partial charge in [0.2, 0.25) is 5.82 Å². The molecule has 0 radical (unpaired) electrons. The van der Waals surface area contributed by atoms with Crippen molar-refractivity contribution in [2.75, 3.05) is 20.0 Å². The maximum Gasteiger partial charge on any atom is 0.348 e. The standard InChI is InChI=1S/C16H14ClN5O4S/c1-25-15(23)11-10(12(16(24)26-2)27-13(11)18)7-22-20-14(19-21-22)8-4-3-5-9(17)6-8/h3-6H,7,18H2,1-2H3. The van der Waals surface area contributed by atoms with E-state index in [4.69, 9.17) is 26.8 Å².